The van der Waals surface area contributed by atoms with Crippen LogP contribution in [0.5, 0.6) is 0 Å². The average Bonchev–Trinajstić information content (AvgIpc) is 2.47. The fraction of sp³-hybridized carbons (Fsp3) is 0.286. The van der Waals surface area contributed by atoms with E-state index in [-0.39, 0.29) is 11.9 Å². The standard InChI is InChI=1S/C14H8O6/c15-4-6-3-8-9(12(19)10(6)17)7-1-2-14(8,5-16)13(20)11(7)18/h1-5,7-9H. The van der Waals surface area contributed by atoms with Crippen molar-refractivity contribution < 1.29 is 28.8 Å². The second-order valence-corrected chi connectivity index (χ2v) is 5.11. The van der Waals surface area contributed by atoms with E-state index in [0.29, 0.717) is 6.29 Å². The Bertz CT molecular complexity index is 667. The minimum Gasteiger partial charge on any atom is -0.302 e. The number of ketones is 4. The lowest BCUT2D eigenvalue weighted by Gasteiger charge is -2.47. The molecule has 4 rings (SSSR count). The Morgan fingerprint density at radius 1 is 1.05 bits per heavy atom. The first-order valence-corrected chi connectivity index (χ1v) is 5.98. The van der Waals surface area contributed by atoms with E-state index in [1.54, 1.807) is 0 Å². The predicted molar refractivity (Wildman–Crippen MR) is 62.3 cm³/mol. The van der Waals surface area contributed by atoms with E-state index in [0.717, 1.165) is 0 Å². The summed E-state index contributed by atoms with van der Waals surface area (Å²) in [6.45, 7) is 0. The van der Waals surface area contributed by atoms with Crippen LogP contribution in [-0.4, -0.2) is 35.7 Å². The van der Waals surface area contributed by atoms with Gasteiger partial charge in [0.05, 0.1) is 11.5 Å². The smallest absolute Gasteiger partial charge is 0.231 e. The first-order chi connectivity index (χ1) is 9.47. The van der Waals surface area contributed by atoms with Gasteiger partial charge in [-0.1, -0.05) is 18.2 Å². The highest BCUT2D eigenvalue weighted by atomic mass is 16.2. The maximum atomic E-state index is 12.1. The molecule has 0 spiro atoms. The van der Waals surface area contributed by atoms with Gasteiger partial charge in [0.1, 0.15) is 11.7 Å². The second kappa shape index (κ2) is 3.75. The lowest BCUT2D eigenvalue weighted by Crippen LogP contribution is -2.61. The Hall–Kier alpha value is -2.50. The lowest BCUT2D eigenvalue weighted by molar-refractivity contribution is -0.157. The van der Waals surface area contributed by atoms with E-state index in [1.807, 2.05) is 0 Å². The number of allylic oxidation sites excluding steroid dienone is 4. The molecule has 1 fully saturated rings. The van der Waals surface area contributed by atoms with E-state index in [1.165, 1.54) is 18.2 Å². The Labute approximate surface area is 112 Å². The van der Waals surface area contributed by atoms with Crippen LogP contribution >= 0.6 is 0 Å². The zero-order valence-corrected chi connectivity index (χ0v) is 10.1. The molecule has 0 aromatic rings. The summed E-state index contributed by atoms with van der Waals surface area (Å²) in [5.74, 6) is -6.59. The minimum atomic E-state index is -1.76. The van der Waals surface area contributed by atoms with Crippen molar-refractivity contribution in [2.24, 2.45) is 23.2 Å². The molecule has 0 aliphatic heterocycles. The Balaban J connectivity index is 2.28. The van der Waals surface area contributed by atoms with E-state index < -0.39 is 46.3 Å². The number of rotatable bonds is 2. The third-order valence-electron chi connectivity index (χ3n) is 4.29. The fourth-order valence-electron chi connectivity index (χ4n) is 3.25. The van der Waals surface area contributed by atoms with Crippen molar-refractivity contribution in [1.29, 1.82) is 0 Å². The summed E-state index contributed by atoms with van der Waals surface area (Å²) in [4.78, 5) is 69.9. The number of Topliss-reactive ketones (excluding diaryl/α,β-unsaturated/α-hetero) is 4. The summed E-state index contributed by atoms with van der Waals surface area (Å²) in [5, 5.41) is 0. The number of carbonyl (C=O) groups excluding carboxylic acids is 6. The van der Waals surface area contributed by atoms with Crippen LogP contribution in [0, 0.1) is 23.2 Å². The van der Waals surface area contributed by atoms with Gasteiger partial charge in [-0.05, 0) is 0 Å². The average molecular weight is 272 g/mol. The summed E-state index contributed by atoms with van der Waals surface area (Å²) in [7, 11) is 0. The van der Waals surface area contributed by atoms with Gasteiger partial charge < -0.3 is 4.79 Å². The van der Waals surface area contributed by atoms with Gasteiger partial charge in [0.2, 0.25) is 23.1 Å². The van der Waals surface area contributed by atoms with E-state index in [4.69, 9.17) is 0 Å². The van der Waals surface area contributed by atoms with Crippen molar-refractivity contribution in [2.45, 2.75) is 0 Å². The van der Waals surface area contributed by atoms with Crippen LogP contribution in [0.1, 0.15) is 0 Å². The molecule has 20 heavy (non-hydrogen) atoms. The summed E-state index contributed by atoms with van der Waals surface area (Å²) >= 11 is 0. The molecule has 0 aromatic heterocycles. The molecule has 2 bridgehead atoms. The molecule has 6 heteroatoms. The van der Waals surface area contributed by atoms with Crippen LogP contribution in [0.2, 0.25) is 0 Å². The predicted octanol–water partition coefficient (Wildman–Crippen LogP) is -0.981. The molecule has 0 amide bonds. The molecule has 0 radical (unpaired) electrons. The van der Waals surface area contributed by atoms with Crippen molar-refractivity contribution >= 4 is 35.7 Å². The van der Waals surface area contributed by atoms with Crippen molar-refractivity contribution in [3.8, 4) is 0 Å². The van der Waals surface area contributed by atoms with E-state index in [2.05, 4.69) is 0 Å². The van der Waals surface area contributed by atoms with Crippen LogP contribution in [0.3, 0.4) is 0 Å². The van der Waals surface area contributed by atoms with Crippen molar-refractivity contribution in [1.82, 2.24) is 0 Å². The normalized spacial score (nSPS) is 38.6. The lowest BCUT2D eigenvalue weighted by atomic mass is 9.50. The second-order valence-electron chi connectivity index (χ2n) is 5.11. The van der Waals surface area contributed by atoms with Gasteiger partial charge >= 0.3 is 0 Å². The highest BCUT2D eigenvalue weighted by Crippen LogP contribution is 2.51. The number of hydrogen-bond donors (Lipinski definition) is 0. The van der Waals surface area contributed by atoms with Gasteiger partial charge in [0, 0.05) is 11.8 Å². The largest absolute Gasteiger partial charge is 0.302 e. The summed E-state index contributed by atoms with van der Waals surface area (Å²) in [6.07, 6.45) is 4.37. The molecule has 0 saturated heterocycles. The van der Waals surface area contributed by atoms with Gasteiger partial charge in [-0.15, -0.1) is 0 Å². The van der Waals surface area contributed by atoms with Crippen LogP contribution < -0.4 is 0 Å². The summed E-state index contributed by atoms with van der Waals surface area (Å²) in [5.41, 5.74) is -2.13. The molecule has 0 aromatic carbocycles. The zero-order valence-electron chi connectivity index (χ0n) is 10.1. The zero-order chi connectivity index (χ0) is 14.7. The van der Waals surface area contributed by atoms with Gasteiger partial charge in [-0.25, -0.2) is 0 Å². The molecule has 0 heterocycles. The topological polar surface area (TPSA) is 102 Å². The number of hydrogen-bond acceptors (Lipinski definition) is 6. The van der Waals surface area contributed by atoms with E-state index >= 15 is 0 Å². The van der Waals surface area contributed by atoms with Gasteiger partial charge in [-0.2, -0.15) is 0 Å². The summed E-state index contributed by atoms with van der Waals surface area (Å²) < 4.78 is 0. The first kappa shape index (κ1) is 12.5. The Kier molecular flexibility index (Phi) is 2.35. The molecule has 4 aliphatic rings. The third-order valence-corrected chi connectivity index (χ3v) is 4.29. The molecular weight excluding hydrogens is 264 g/mol. The quantitative estimate of drug-likeness (QED) is 0.210. The van der Waals surface area contributed by atoms with Crippen LogP contribution in [0.4, 0.5) is 0 Å². The van der Waals surface area contributed by atoms with Gasteiger partial charge in [0.15, 0.2) is 6.29 Å². The Morgan fingerprint density at radius 3 is 2.35 bits per heavy atom. The number of carbonyl (C=O) groups is 6. The molecule has 0 N–H and O–H groups in total. The Morgan fingerprint density at radius 2 is 1.75 bits per heavy atom. The highest BCUT2D eigenvalue weighted by molar-refractivity contribution is 6.52. The van der Waals surface area contributed by atoms with Crippen LogP contribution in [0.25, 0.3) is 0 Å². The summed E-state index contributed by atoms with van der Waals surface area (Å²) in [6, 6.07) is 0. The van der Waals surface area contributed by atoms with Crippen LogP contribution in [-0.2, 0) is 28.8 Å². The maximum Gasteiger partial charge on any atom is 0.231 e. The molecule has 6 nitrogen and oxygen atoms in total. The molecular formula is C14H8O6. The highest BCUT2D eigenvalue weighted by Gasteiger charge is 2.63. The molecule has 4 unspecified atom stereocenters. The number of aldehydes is 2. The molecule has 4 aliphatic carbocycles. The number of fused-ring (bicyclic) bond motifs is 1. The van der Waals surface area contributed by atoms with Crippen molar-refractivity contribution in [3.05, 3.63) is 23.8 Å². The van der Waals surface area contributed by atoms with Gasteiger partial charge in [-0.3, -0.25) is 24.0 Å². The van der Waals surface area contributed by atoms with Crippen LogP contribution in [0.15, 0.2) is 23.8 Å². The minimum absolute atomic E-state index is 0.229. The van der Waals surface area contributed by atoms with Crippen molar-refractivity contribution in [2.75, 3.05) is 0 Å². The molecule has 4 atom stereocenters. The van der Waals surface area contributed by atoms with Crippen molar-refractivity contribution in [3.63, 3.8) is 0 Å². The van der Waals surface area contributed by atoms with E-state index in [9.17, 15) is 28.8 Å². The maximum absolute atomic E-state index is 12.1. The van der Waals surface area contributed by atoms with Gasteiger partial charge in [0.25, 0.3) is 0 Å². The molecule has 100 valence electrons. The first-order valence-electron chi connectivity index (χ1n) is 5.98. The third kappa shape index (κ3) is 1.18. The molecule has 1 saturated carbocycles. The SMILES string of the molecule is O=CC1=CC2C(C(=O)C1=O)C1C=CC2(C=O)C(=O)C1=O. The fourth-order valence-corrected chi connectivity index (χ4v) is 3.25. The monoisotopic (exact) mass is 272 g/mol.